The molecule has 1 aliphatic rings. The van der Waals surface area contributed by atoms with Gasteiger partial charge in [0.15, 0.2) is 0 Å². The predicted molar refractivity (Wildman–Crippen MR) is 120 cm³/mol. The summed E-state index contributed by atoms with van der Waals surface area (Å²) < 4.78 is 30.1. The van der Waals surface area contributed by atoms with Gasteiger partial charge < -0.3 is 14.3 Å². The van der Waals surface area contributed by atoms with E-state index in [2.05, 4.69) is 26.8 Å². The number of aromatic amines is 1. The van der Waals surface area contributed by atoms with Crippen molar-refractivity contribution in [1.29, 1.82) is 0 Å². The summed E-state index contributed by atoms with van der Waals surface area (Å²) in [4.78, 5) is 7.96. The zero-order valence-electron chi connectivity index (χ0n) is 16.8. The van der Waals surface area contributed by atoms with Crippen molar-refractivity contribution < 1.29 is 13.5 Å². The molecule has 1 unspecified atom stereocenters. The van der Waals surface area contributed by atoms with Crippen LogP contribution in [0, 0.1) is 0 Å². The lowest BCUT2D eigenvalue weighted by molar-refractivity contribution is 0.297. The van der Waals surface area contributed by atoms with Crippen LogP contribution >= 0.6 is 0 Å². The molecule has 0 spiro atoms. The van der Waals surface area contributed by atoms with Crippen molar-refractivity contribution in [2.24, 2.45) is 0 Å². The number of aromatic nitrogens is 2. The van der Waals surface area contributed by atoms with Crippen LogP contribution in [-0.2, 0) is 24.4 Å². The van der Waals surface area contributed by atoms with Crippen molar-refractivity contribution in [3.63, 3.8) is 0 Å². The molecule has 3 aromatic carbocycles. The minimum Gasteiger partial charge on any atom is -0.760 e. The summed E-state index contributed by atoms with van der Waals surface area (Å²) >= 11 is -2.30. The lowest BCUT2D eigenvalue weighted by Gasteiger charge is -2.12. The molecule has 2 N–H and O–H groups in total. The summed E-state index contributed by atoms with van der Waals surface area (Å²) in [5.74, 6) is 2.33. The highest BCUT2D eigenvalue weighted by Crippen LogP contribution is 2.40. The molecule has 158 valence electrons. The Bertz CT molecular complexity index is 1230. The molecule has 0 aliphatic heterocycles. The second-order valence-electron chi connectivity index (χ2n) is 7.76. The number of hydrogen-bond donors (Lipinski definition) is 2. The number of imidazole rings is 1. The maximum Gasteiger partial charge on any atom is 0.146 e. The monoisotopic (exact) mass is 432 g/mol. The average molecular weight is 433 g/mol. The number of hydrogen-bond acceptors (Lipinski definition) is 4. The third-order valence-electron chi connectivity index (χ3n) is 5.54. The van der Waals surface area contributed by atoms with Crippen LogP contribution in [0.25, 0.3) is 22.2 Å². The molecule has 0 radical (unpaired) electrons. The fraction of sp³-hybridized carbons (Fsp3) is 0.208. The molecular weight excluding hydrogens is 410 g/mol. The quantitative estimate of drug-likeness (QED) is 0.399. The van der Waals surface area contributed by atoms with Crippen molar-refractivity contribution in [3.8, 4) is 16.9 Å². The van der Waals surface area contributed by atoms with E-state index in [0.29, 0.717) is 6.61 Å². The summed E-state index contributed by atoms with van der Waals surface area (Å²) in [6.07, 6.45) is 2.58. The molecule has 7 heteroatoms. The Hall–Kier alpha value is -3.00. The van der Waals surface area contributed by atoms with E-state index in [4.69, 9.17) is 4.74 Å². The molecule has 1 aromatic heterocycles. The smallest absolute Gasteiger partial charge is 0.146 e. The fourth-order valence-corrected chi connectivity index (χ4v) is 4.07. The molecule has 4 aromatic rings. The summed E-state index contributed by atoms with van der Waals surface area (Å²) in [5.41, 5.74) is 6.04. The molecule has 1 heterocycles. The van der Waals surface area contributed by atoms with Gasteiger partial charge in [-0.05, 0) is 65.3 Å². The van der Waals surface area contributed by atoms with E-state index in [1.807, 2.05) is 54.6 Å². The highest BCUT2D eigenvalue weighted by molar-refractivity contribution is 7.77. The topological polar surface area (TPSA) is 90.1 Å². The molecule has 0 bridgehead atoms. The van der Waals surface area contributed by atoms with Gasteiger partial charge in [-0.2, -0.15) is 0 Å². The second kappa shape index (κ2) is 8.63. The molecule has 1 fully saturated rings. The SMILES string of the molecule is O=S([O-])NCc1ccccc1-c1ccc2nc(COc3ccc(C4CC4)cc3)[nH]c2c1. The second-order valence-corrected chi connectivity index (χ2v) is 8.52. The van der Waals surface area contributed by atoms with Gasteiger partial charge in [-0.3, -0.25) is 4.21 Å². The van der Waals surface area contributed by atoms with Crippen molar-refractivity contribution in [2.45, 2.75) is 31.9 Å². The van der Waals surface area contributed by atoms with Gasteiger partial charge in [0.2, 0.25) is 0 Å². The molecule has 31 heavy (non-hydrogen) atoms. The Morgan fingerprint density at radius 2 is 1.90 bits per heavy atom. The molecule has 5 rings (SSSR count). The first-order chi connectivity index (χ1) is 15.2. The van der Waals surface area contributed by atoms with Gasteiger partial charge >= 0.3 is 0 Å². The summed E-state index contributed by atoms with van der Waals surface area (Å²) in [6.45, 7) is 0.606. The molecule has 1 aliphatic carbocycles. The Morgan fingerprint density at radius 1 is 1.10 bits per heavy atom. The normalized spacial score (nSPS) is 14.6. The number of ether oxygens (including phenoxy) is 1. The van der Waals surface area contributed by atoms with E-state index in [0.717, 1.165) is 45.2 Å². The number of rotatable bonds is 8. The van der Waals surface area contributed by atoms with Gasteiger partial charge in [0.05, 0.1) is 11.0 Å². The van der Waals surface area contributed by atoms with Crippen LogP contribution < -0.4 is 9.46 Å². The van der Waals surface area contributed by atoms with Crippen LogP contribution in [-0.4, -0.2) is 18.7 Å². The minimum absolute atomic E-state index is 0.242. The van der Waals surface area contributed by atoms with Crippen molar-refractivity contribution >= 4 is 22.3 Å². The van der Waals surface area contributed by atoms with Gasteiger partial charge in [0.25, 0.3) is 0 Å². The van der Waals surface area contributed by atoms with E-state index < -0.39 is 11.3 Å². The Kier molecular flexibility index (Phi) is 5.55. The molecule has 1 saturated carbocycles. The zero-order valence-corrected chi connectivity index (χ0v) is 17.7. The first-order valence-electron chi connectivity index (χ1n) is 10.3. The average Bonchev–Trinajstić information content (AvgIpc) is 3.56. The lowest BCUT2D eigenvalue weighted by atomic mass is 9.99. The van der Waals surface area contributed by atoms with Crippen LogP contribution in [0.1, 0.15) is 35.7 Å². The van der Waals surface area contributed by atoms with Gasteiger partial charge in [0.1, 0.15) is 18.2 Å². The van der Waals surface area contributed by atoms with E-state index in [9.17, 15) is 8.76 Å². The first kappa shape index (κ1) is 19.9. The largest absolute Gasteiger partial charge is 0.760 e. The standard InChI is InChI=1S/C24H23N3O3S/c28-31(29)25-14-19-3-1-2-4-21(19)18-9-12-22-23(13-18)27-24(26-22)15-30-20-10-7-17(8-11-20)16-5-6-16/h1-4,7-13,16,25H,5-6,14-15H2,(H,26,27)(H,28,29)/p-1. The third kappa shape index (κ3) is 4.69. The van der Waals surface area contributed by atoms with Crippen LogP contribution in [0.4, 0.5) is 0 Å². The van der Waals surface area contributed by atoms with Gasteiger partial charge in [0, 0.05) is 17.8 Å². The maximum absolute atomic E-state index is 10.9. The number of nitrogens with one attached hydrogen (secondary N) is 2. The van der Waals surface area contributed by atoms with Gasteiger partial charge in [-0.15, -0.1) is 0 Å². The molecule has 1 atom stereocenters. The van der Waals surface area contributed by atoms with Crippen LogP contribution in [0.3, 0.4) is 0 Å². The lowest BCUT2D eigenvalue weighted by Crippen LogP contribution is -2.16. The maximum atomic E-state index is 10.9. The van der Waals surface area contributed by atoms with E-state index in [1.165, 1.54) is 18.4 Å². The third-order valence-corrected chi connectivity index (χ3v) is 5.92. The van der Waals surface area contributed by atoms with E-state index in [1.54, 1.807) is 0 Å². The number of fused-ring (bicyclic) bond motifs is 1. The fourth-order valence-electron chi connectivity index (χ4n) is 3.80. The zero-order chi connectivity index (χ0) is 21.2. The van der Waals surface area contributed by atoms with Crippen LogP contribution in [0.2, 0.25) is 0 Å². The summed E-state index contributed by atoms with van der Waals surface area (Å²) in [6, 6.07) is 22.1. The highest BCUT2D eigenvalue weighted by Gasteiger charge is 2.23. The van der Waals surface area contributed by atoms with E-state index >= 15 is 0 Å². The molecule has 0 saturated heterocycles. The predicted octanol–water partition coefficient (Wildman–Crippen LogP) is 4.57. The Balaban J connectivity index is 1.32. The number of nitrogens with zero attached hydrogens (tertiary/aromatic N) is 1. The highest BCUT2D eigenvalue weighted by atomic mass is 32.2. The summed E-state index contributed by atoms with van der Waals surface area (Å²) in [5, 5.41) is 0. The molecule has 0 amide bonds. The summed E-state index contributed by atoms with van der Waals surface area (Å²) in [7, 11) is 0. The van der Waals surface area contributed by atoms with Gasteiger partial charge in [-0.25, -0.2) is 9.71 Å². The first-order valence-corrected chi connectivity index (χ1v) is 11.4. The molecule has 6 nitrogen and oxygen atoms in total. The Morgan fingerprint density at radius 3 is 2.68 bits per heavy atom. The molecular formula is C24H22N3O3S-. The van der Waals surface area contributed by atoms with Crippen molar-refractivity contribution in [1.82, 2.24) is 14.7 Å². The van der Waals surface area contributed by atoms with Crippen molar-refractivity contribution in [3.05, 3.63) is 83.7 Å². The van der Waals surface area contributed by atoms with Crippen LogP contribution in [0.15, 0.2) is 66.7 Å². The van der Waals surface area contributed by atoms with Crippen LogP contribution in [0.5, 0.6) is 5.75 Å². The Labute approximate surface area is 183 Å². The number of benzene rings is 3. The minimum atomic E-state index is -2.30. The van der Waals surface area contributed by atoms with Crippen molar-refractivity contribution in [2.75, 3.05) is 0 Å². The number of H-pyrrole nitrogens is 1. The van der Waals surface area contributed by atoms with Gasteiger partial charge in [-0.1, -0.05) is 42.5 Å². The van der Waals surface area contributed by atoms with E-state index in [-0.39, 0.29) is 6.54 Å².